The monoisotopic (exact) mass is 580 g/mol. The lowest BCUT2D eigenvalue weighted by atomic mass is 9.93. The molecule has 0 aliphatic heterocycles. The number of nitrogens with one attached hydrogen (secondary N) is 4. The molecule has 0 atom stereocenters. The third-order valence-electron chi connectivity index (χ3n) is 6.55. The lowest BCUT2D eigenvalue weighted by Crippen LogP contribution is -2.43. The van der Waals surface area contributed by atoms with E-state index >= 15 is 0 Å². The molecule has 0 spiro atoms. The number of nitrogens with zero attached hydrogens (tertiary/aromatic N) is 2. The molecule has 0 saturated heterocycles. The van der Waals surface area contributed by atoms with Gasteiger partial charge in [0.05, 0.1) is 22.4 Å². The Morgan fingerprint density at radius 1 is 1.00 bits per heavy atom. The first-order chi connectivity index (χ1) is 19.5. The van der Waals surface area contributed by atoms with Crippen molar-refractivity contribution in [3.05, 3.63) is 106 Å². The van der Waals surface area contributed by atoms with Crippen LogP contribution < -0.4 is 20.9 Å². The predicted molar refractivity (Wildman–Crippen MR) is 155 cm³/mol. The molecule has 4 aromatic rings. The van der Waals surface area contributed by atoms with Crippen LogP contribution in [0, 0.1) is 11.2 Å². The fourth-order valence-corrected chi connectivity index (χ4v) is 5.32. The van der Waals surface area contributed by atoms with Gasteiger partial charge in [-0.15, -0.1) is 0 Å². The fraction of sp³-hybridized carbons (Fsp3) is 0.310. The van der Waals surface area contributed by atoms with E-state index in [0.717, 1.165) is 5.56 Å². The highest BCUT2D eigenvalue weighted by atomic mass is 32.2. The second-order valence-electron chi connectivity index (χ2n) is 10.6. The van der Waals surface area contributed by atoms with Crippen LogP contribution in [-0.4, -0.2) is 54.9 Å². The minimum absolute atomic E-state index is 0.0907. The van der Waals surface area contributed by atoms with E-state index in [0.29, 0.717) is 28.6 Å². The number of fused-ring (bicyclic) bond motifs is 1. The van der Waals surface area contributed by atoms with Crippen molar-refractivity contribution < 1.29 is 17.6 Å². The summed E-state index contributed by atoms with van der Waals surface area (Å²) in [6.45, 7) is 4.62. The SMILES string of the molecule is CC(C)(CNC(=O)c1cc(Cc2n[nH]c(=O)c3ccccc23)ccc1F)CNS(=O)(=O)CCNCc1ccncc1. The summed E-state index contributed by atoms with van der Waals surface area (Å²) in [4.78, 5) is 28.9. The van der Waals surface area contributed by atoms with Crippen molar-refractivity contribution in [3.8, 4) is 0 Å². The van der Waals surface area contributed by atoms with Gasteiger partial charge in [-0.05, 0) is 46.9 Å². The lowest BCUT2D eigenvalue weighted by molar-refractivity contribution is 0.0933. The van der Waals surface area contributed by atoms with Crippen LogP contribution in [-0.2, 0) is 23.0 Å². The second-order valence-corrected chi connectivity index (χ2v) is 12.5. The average Bonchev–Trinajstić information content (AvgIpc) is 2.96. The van der Waals surface area contributed by atoms with E-state index in [1.807, 2.05) is 12.1 Å². The topological polar surface area (TPSA) is 146 Å². The van der Waals surface area contributed by atoms with E-state index < -0.39 is 27.2 Å². The van der Waals surface area contributed by atoms with Gasteiger partial charge in [-0.2, -0.15) is 5.10 Å². The van der Waals surface area contributed by atoms with Gasteiger partial charge in [0, 0.05) is 50.4 Å². The highest BCUT2D eigenvalue weighted by molar-refractivity contribution is 7.89. The molecule has 0 unspecified atom stereocenters. The van der Waals surface area contributed by atoms with Gasteiger partial charge >= 0.3 is 0 Å². The largest absolute Gasteiger partial charge is 0.351 e. The number of pyridine rings is 1. The normalized spacial score (nSPS) is 12.0. The zero-order valence-corrected chi connectivity index (χ0v) is 23.7. The Morgan fingerprint density at radius 2 is 1.73 bits per heavy atom. The molecule has 0 aliphatic carbocycles. The van der Waals surface area contributed by atoms with E-state index in [4.69, 9.17) is 0 Å². The number of H-pyrrole nitrogens is 1. The van der Waals surface area contributed by atoms with Crippen molar-refractivity contribution in [2.24, 2.45) is 5.41 Å². The van der Waals surface area contributed by atoms with Crippen LogP contribution in [0.25, 0.3) is 10.8 Å². The number of rotatable bonds is 13. The standard InChI is InChI=1S/C29H33FN6O4S/c1-29(2,19-34-41(39,40)14-13-32-17-20-9-11-31-12-10-20)18-33-27(37)24-15-21(7-8-25(24)30)16-26-22-5-3-4-6-23(22)28(38)36-35-26/h3-12,15,32,34H,13-14,16-19H2,1-2H3,(H,33,37)(H,36,38). The molecule has 0 saturated carbocycles. The van der Waals surface area contributed by atoms with Gasteiger partial charge in [-0.25, -0.2) is 22.6 Å². The summed E-state index contributed by atoms with van der Waals surface area (Å²) in [7, 11) is -3.55. The molecule has 10 nitrogen and oxygen atoms in total. The number of aromatic nitrogens is 3. The maximum atomic E-state index is 14.6. The van der Waals surface area contributed by atoms with Gasteiger partial charge in [0.1, 0.15) is 5.82 Å². The van der Waals surface area contributed by atoms with Crippen molar-refractivity contribution in [2.45, 2.75) is 26.8 Å². The van der Waals surface area contributed by atoms with Crippen LogP contribution in [0.5, 0.6) is 0 Å². The highest BCUT2D eigenvalue weighted by Gasteiger charge is 2.23. The molecule has 4 rings (SSSR count). The number of carbonyl (C=O) groups is 1. The number of sulfonamides is 1. The Kier molecular flexibility index (Phi) is 9.58. The van der Waals surface area contributed by atoms with Gasteiger partial charge in [-0.3, -0.25) is 14.6 Å². The smallest absolute Gasteiger partial charge is 0.272 e. The molecule has 2 aromatic heterocycles. The number of carbonyl (C=O) groups excluding carboxylic acids is 1. The van der Waals surface area contributed by atoms with Crippen LogP contribution in [0.15, 0.2) is 71.8 Å². The quantitative estimate of drug-likeness (QED) is 0.178. The molecule has 0 radical (unpaired) electrons. The van der Waals surface area contributed by atoms with Gasteiger partial charge in [0.15, 0.2) is 0 Å². The Hall–Kier alpha value is -4.00. The molecule has 0 bridgehead atoms. The number of benzene rings is 2. The van der Waals surface area contributed by atoms with Crippen molar-refractivity contribution in [3.63, 3.8) is 0 Å². The molecule has 2 aromatic carbocycles. The molecule has 216 valence electrons. The maximum absolute atomic E-state index is 14.6. The number of aromatic amines is 1. The van der Waals surface area contributed by atoms with E-state index in [1.54, 1.807) is 56.6 Å². The van der Waals surface area contributed by atoms with Gasteiger partial charge < -0.3 is 10.6 Å². The number of hydrogen-bond donors (Lipinski definition) is 4. The lowest BCUT2D eigenvalue weighted by Gasteiger charge is -2.25. The van der Waals surface area contributed by atoms with Crippen LogP contribution in [0.4, 0.5) is 4.39 Å². The minimum Gasteiger partial charge on any atom is -0.351 e. The first-order valence-electron chi connectivity index (χ1n) is 13.1. The van der Waals surface area contributed by atoms with Crippen LogP contribution in [0.3, 0.4) is 0 Å². The van der Waals surface area contributed by atoms with E-state index in [1.165, 1.54) is 12.1 Å². The van der Waals surface area contributed by atoms with Crippen molar-refractivity contribution >= 4 is 26.7 Å². The van der Waals surface area contributed by atoms with Crippen molar-refractivity contribution in [1.82, 2.24) is 30.5 Å². The van der Waals surface area contributed by atoms with Gasteiger partial charge in [0.25, 0.3) is 11.5 Å². The highest BCUT2D eigenvalue weighted by Crippen LogP contribution is 2.19. The molecule has 4 N–H and O–H groups in total. The van der Waals surface area contributed by atoms with Gasteiger partial charge in [-0.1, -0.05) is 38.1 Å². The zero-order chi connectivity index (χ0) is 29.5. The average molecular weight is 581 g/mol. The van der Waals surface area contributed by atoms with Crippen LogP contribution >= 0.6 is 0 Å². The summed E-state index contributed by atoms with van der Waals surface area (Å²) in [5, 5.41) is 13.6. The number of amides is 1. The van der Waals surface area contributed by atoms with E-state index in [-0.39, 0.29) is 42.9 Å². The Labute approximate surface area is 237 Å². The summed E-state index contributed by atoms with van der Waals surface area (Å²) in [6, 6.07) is 15.0. The summed E-state index contributed by atoms with van der Waals surface area (Å²) >= 11 is 0. The molecule has 1 amide bonds. The van der Waals surface area contributed by atoms with E-state index in [9.17, 15) is 22.4 Å². The molecule has 0 fully saturated rings. The predicted octanol–water partition coefficient (Wildman–Crippen LogP) is 2.51. The molecular weight excluding hydrogens is 547 g/mol. The van der Waals surface area contributed by atoms with Crippen molar-refractivity contribution in [2.75, 3.05) is 25.4 Å². The third-order valence-corrected chi connectivity index (χ3v) is 7.87. The Bertz CT molecular complexity index is 1680. The van der Waals surface area contributed by atoms with Crippen LogP contribution in [0.1, 0.15) is 41.0 Å². The number of halogens is 1. The summed E-state index contributed by atoms with van der Waals surface area (Å²) in [6.07, 6.45) is 3.63. The molecular formula is C29H33FN6O4S. The molecule has 0 aliphatic rings. The van der Waals surface area contributed by atoms with Crippen molar-refractivity contribution in [1.29, 1.82) is 0 Å². The summed E-state index contributed by atoms with van der Waals surface area (Å²) < 4.78 is 42.1. The van der Waals surface area contributed by atoms with Gasteiger partial charge in [0.2, 0.25) is 10.0 Å². The van der Waals surface area contributed by atoms with E-state index in [2.05, 4.69) is 30.5 Å². The second kappa shape index (κ2) is 13.1. The molecule has 2 heterocycles. The summed E-state index contributed by atoms with van der Waals surface area (Å²) in [5.41, 5.74) is 1.18. The molecule has 12 heteroatoms. The van der Waals surface area contributed by atoms with Crippen LogP contribution in [0.2, 0.25) is 0 Å². The first-order valence-corrected chi connectivity index (χ1v) is 14.8. The fourth-order valence-electron chi connectivity index (χ4n) is 4.15. The third kappa shape index (κ3) is 8.49. The zero-order valence-electron chi connectivity index (χ0n) is 22.9. The first kappa shape index (κ1) is 30.0. The molecule has 41 heavy (non-hydrogen) atoms. The summed E-state index contributed by atoms with van der Waals surface area (Å²) in [5.74, 6) is -1.39. The Balaban J connectivity index is 1.30. The minimum atomic E-state index is -3.55. The maximum Gasteiger partial charge on any atom is 0.272 e. The number of hydrogen-bond acceptors (Lipinski definition) is 7. The Morgan fingerprint density at radius 3 is 2.49 bits per heavy atom.